The van der Waals surface area contributed by atoms with Gasteiger partial charge >= 0.3 is 26.5 Å². The molecular formula is C10H22LiO4P. The molecule has 0 aromatic heterocycles. The summed E-state index contributed by atoms with van der Waals surface area (Å²) < 4.78 is 22.6. The zero-order valence-corrected chi connectivity index (χ0v) is 12.3. The van der Waals surface area contributed by atoms with E-state index in [0.717, 1.165) is 0 Å². The van der Waals surface area contributed by atoms with E-state index in [4.69, 9.17) is 9.05 Å². The molecule has 1 atom stereocenters. The van der Waals surface area contributed by atoms with Crippen molar-refractivity contribution in [2.24, 2.45) is 5.92 Å². The van der Waals surface area contributed by atoms with Crippen LogP contribution in [0.25, 0.3) is 0 Å². The third-order valence-corrected chi connectivity index (χ3v) is 4.09. The van der Waals surface area contributed by atoms with E-state index in [1.165, 1.54) is 13.8 Å². The Labute approximate surface area is 111 Å². The van der Waals surface area contributed by atoms with E-state index in [9.17, 15) is 9.67 Å². The Balaban J connectivity index is 0. The molecule has 0 aromatic rings. The van der Waals surface area contributed by atoms with E-state index >= 15 is 0 Å². The monoisotopic (exact) mass is 244 g/mol. The minimum Gasteiger partial charge on any atom is -0.841 e. The van der Waals surface area contributed by atoms with Crippen molar-refractivity contribution >= 4 is 7.60 Å². The van der Waals surface area contributed by atoms with Crippen LogP contribution in [0.5, 0.6) is 0 Å². The summed E-state index contributed by atoms with van der Waals surface area (Å²) in [6.07, 6.45) is -0.281. The first-order chi connectivity index (χ1) is 6.58. The van der Waals surface area contributed by atoms with Crippen molar-refractivity contribution in [3.05, 3.63) is 0 Å². The van der Waals surface area contributed by atoms with Gasteiger partial charge in [0.2, 0.25) is 0 Å². The van der Waals surface area contributed by atoms with E-state index in [1.54, 1.807) is 13.8 Å². The van der Waals surface area contributed by atoms with E-state index in [2.05, 4.69) is 0 Å². The Morgan fingerprint density at radius 1 is 1.25 bits per heavy atom. The van der Waals surface area contributed by atoms with E-state index < -0.39 is 12.9 Å². The number of hydrogen-bond donors (Lipinski definition) is 0. The molecule has 0 aliphatic rings. The summed E-state index contributed by atoms with van der Waals surface area (Å²) in [6, 6.07) is 0. The van der Waals surface area contributed by atoms with Crippen LogP contribution in [0.3, 0.4) is 0 Å². The molecule has 0 saturated carbocycles. The minimum atomic E-state index is -3.57. The largest absolute Gasteiger partial charge is 1.00 e. The predicted octanol–water partition coefficient (Wildman–Crippen LogP) is -0.622. The van der Waals surface area contributed by atoms with Gasteiger partial charge in [-0.05, 0) is 25.1 Å². The van der Waals surface area contributed by atoms with Gasteiger partial charge in [-0.2, -0.15) is 0 Å². The molecule has 92 valence electrons. The molecule has 0 N–H and O–H groups in total. The molecule has 0 fully saturated rings. The molecule has 0 radical (unpaired) electrons. The summed E-state index contributed by atoms with van der Waals surface area (Å²) in [5, 5.41) is 10.0. The van der Waals surface area contributed by atoms with Crippen molar-refractivity contribution in [1.29, 1.82) is 0 Å². The quantitative estimate of drug-likeness (QED) is 0.461. The maximum atomic E-state index is 12.2. The average molecular weight is 244 g/mol. The fourth-order valence-corrected chi connectivity index (χ4v) is 2.51. The van der Waals surface area contributed by atoms with Crippen LogP contribution in [-0.4, -0.2) is 18.1 Å². The smallest absolute Gasteiger partial charge is 0.841 e. The summed E-state index contributed by atoms with van der Waals surface area (Å²) in [6.45, 7) is 10.3. The Hall–Kier alpha value is 0.707. The van der Waals surface area contributed by atoms with Crippen LogP contribution >= 0.6 is 7.60 Å². The Morgan fingerprint density at radius 3 is 1.94 bits per heavy atom. The van der Waals surface area contributed by atoms with Gasteiger partial charge in [0.05, 0.1) is 12.7 Å². The van der Waals surface area contributed by atoms with Gasteiger partial charge in [-0.3, -0.25) is 4.57 Å². The molecule has 0 aliphatic heterocycles. The topological polar surface area (TPSA) is 58.6 Å². The number of hydrogen-bond acceptors (Lipinski definition) is 4. The molecule has 0 aliphatic carbocycles. The van der Waals surface area contributed by atoms with Crippen LogP contribution in [0.1, 0.15) is 41.5 Å². The van der Waals surface area contributed by atoms with Gasteiger partial charge in [0.25, 0.3) is 0 Å². The van der Waals surface area contributed by atoms with Gasteiger partial charge in [0, 0.05) is 0 Å². The molecule has 16 heavy (non-hydrogen) atoms. The summed E-state index contributed by atoms with van der Waals surface area (Å²) in [5.74, 6) is 0.219. The Morgan fingerprint density at radius 2 is 1.69 bits per heavy atom. The molecule has 0 heterocycles. The molecule has 0 spiro atoms. The van der Waals surface area contributed by atoms with Gasteiger partial charge in [0.15, 0.2) is 0 Å². The molecule has 1 unspecified atom stereocenters. The van der Waals surface area contributed by atoms with Crippen LogP contribution in [0.4, 0.5) is 0 Å². The average Bonchev–Trinajstić information content (AvgIpc) is 1.97. The zero-order chi connectivity index (χ0) is 12.3. The minimum absolute atomic E-state index is 0. The van der Waals surface area contributed by atoms with Crippen molar-refractivity contribution < 1.29 is 37.6 Å². The maximum absolute atomic E-state index is 12.2. The first-order valence-corrected chi connectivity index (χ1v) is 6.76. The molecule has 0 saturated heterocycles. The van der Waals surface area contributed by atoms with Gasteiger partial charge in [-0.15, -0.1) is 0 Å². The van der Waals surface area contributed by atoms with Crippen molar-refractivity contribution in [3.63, 3.8) is 0 Å². The van der Waals surface area contributed by atoms with Crippen LogP contribution in [0.2, 0.25) is 0 Å². The molecule has 0 rings (SSSR count). The molecule has 4 nitrogen and oxygen atoms in total. The first-order valence-electron chi connectivity index (χ1n) is 5.22. The Kier molecular flexibility index (Phi) is 8.59. The summed E-state index contributed by atoms with van der Waals surface area (Å²) >= 11 is 0. The third kappa shape index (κ3) is 6.44. The van der Waals surface area contributed by atoms with Gasteiger partial charge in [-0.1, -0.05) is 27.7 Å². The molecule has 0 amide bonds. The van der Waals surface area contributed by atoms with Crippen molar-refractivity contribution in [3.8, 4) is 0 Å². The fraction of sp³-hybridized carbons (Fsp3) is 1.00. The molecule has 0 bridgehead atoms. The number of rotatable bonds is 6. The fourth-order valence-electron chi connectivity index (χ4n) is 0.838. The maximum Gasteiger partial charge on any atom is 1.00 e. The summed E-state index contributed by atoms with van der Waals surface area (Å²) in [7, 11) is -3.57. The SMILES string of the molecule is CC(C)COP(=O)(OC(C)C)C(C)(C)[O-].[Li+]. The second-order valence-electron chi connectivity index (χ2n) is 4.79. The predicted molar refractivity (Wildman–Crippen MR) is 58.7 cm³/mol. The van der Waals surface area contributed by atoms with E-state index in [1.807, 2.05) is 13.8 Å². The molecular weight excluding hydrogens is 222 g/mol. The van der Waals surface area contributed by atoms with Gasteiger partial charge in [0.1, 0.15) is 0 Å². The van der Waals surface area contributed by atoms with Crippen LogP contribution in [0, 0.1) is 5.92 Å². The van der Waals surface area contributed by atoms with Crippen molar-refractivity contribution in [1.82, 2.24) is 0 Å². The van der Waals surface area contributed by atoms with Gasteiger partial charge in [-0.25, -0.2) is 0 Å². The second-order valence-corrected chi connectivity index (χ2v) is 7.33. The molecule has 0 aromatic carbocycles. The van der Waals surface area contributed by atoms with E-state index in [0.29, 0.717) is 0 Å². The molecule has 6 heteroatoms. The third-order valence-electron chi connectivity index (χ3n) is 1.59. The zero-order valence-electron chi connectivity index (χ0n) is 11.4. The van der Waals surface area contributed by atoms with Crippen LogP contribution in [0.15, 0.2) is 0 Å². The normalized spacial score (nSPS) is 16.1. The summed E-state index contributed by atoms with van der Waals surface area (Å²) in [5.41, 5.74) is 0. The van der Waals surface area contributed by atoms with Crippen molar-refractivity contribution in [2.45, 2.75) is 53.0 Å². The first kappa shape index (κ1) is 19.1. The second kappa shape index (κ2) is 7.21. The van der Waals surface area contributed by atoms with Crippen LogP contribution < -0.4 is 24.0 Å². The summed E-state index contributed by atoms with van der Waals surface area (Å²) in [4.78, 5) is 0. The Bertz CT molecular complexity index is 235. The van der Waals surface area contributed by atoms with Crippen molar-refractivity contribution in [2.75, 3.05) is 6.61 Å². The van der Waals surface area contributed by atoms with E-state index in [-0.39, 0.29) is 37.5 Å². The van der Waals surface area contributed by atoms with Crippen LogP contribution in [-0.2, 0) is 13.6 Å². The van der Waals surface area contributed by atoms with Gasteiger partial charge < -0.3 is 14.2 Å². The standard InChI is InChI=1S/C10H22O4P.Li/c1-8(2)7-13-15(12,10(5,6)11)14-9(3)4;/h8-9H,7H2,1-6H3;/q-1;+1.